The lowest BCUT2D eigenvalue weighted by Gasteiger charge is -2.21. The second-order valence-electron chi connectivity index (χ2n) is 8.47. The topological polar surface area (TPSA) is 70.8 Å². The van der Waals surface area contributed by atoms with E-state index >= 15 is 0 Å². The summed E-state index contributed by atoms with van der Waals surface area (Å²) in [6, 6.07) is 16.8. The van der Waals surface area contributed by atoms with E-state index in [4.69, 9.17) is 4.98 Å². The Morgan fingerprint density at radius 3 is 2.27 bits per heavy atom. The predicted octanol–water partition coefficient (Wildman–Crippen LogP) is 6.50. The summed E-state index contributed by atoms with van der Waals surface area (Å²) in [5, 5.41) is 10.5. The number of sulfone groups is 1. The van der Waals surface area contributed by atoms with E-state index in [1.807, 2.05) is 6.07 Å². The molecule has 0 amide bonds. The summed E-state index contributed by atoms with van der Waals surface area (Å²) >= 11 is 1.61. The van der Waals surface area contributed by atoms with Crippen LogP contribution in [0.1, 0.15) is 37.7 Å². The van der Waals surface area contributed by atoms with Gasteiger partial charge in [-0.2, -0.15) is 5.26 Å². The second-order valence-corrected chi connectivity index (χ2v) is 11.5. The summed E-state index contributed by atoms with van der Waals surface area (Å²) in [4.78, 5) is 5.10. The fraction of sp³-hybridized carbons (Fsp3) is 0.308. The molecule has 0 bridgehead atoms. The lowest BCUT2D eigenvalue weighted by Crippen LogP contribution is -2.09. The Labute approximate surface area is 198 Å². The van der Waals surface area contributed by atoms with Crippen LogP contribution in [0, 0.1) is 23.1 Å². The van der Waals surface area contributed by atoms with Crippen molar-refractivity contribution >= 4 is 21.6 Å². The highest BCUT2D eigenvalue weighted by atomic mass is 32.2. The lowest BCUT2D eigenvalue weighted by atomic mass is 9.91. The van der Waals surface area contributed by atoms with Crippen molar-refractivity contribution in [3.05, 3.63) is 66.0 Å². The molecule has 0 unspecified atom stereocenters. The number of hydrogen-bond acceptors (Lipinski definition) is 5. The number of benzene rings is 2. The van der Waals surface area contributed by atoms with E-state index in [-0.39, 0.29) is 10.7 Å². The van der Waals surface area contributed by atoms with Gasteiger partial charge in [0.25, 0.3) is 0 Å². The molecule has 0 atom stereocenters. The minimum absolute atomic E-state index is 0.225. The molecule has 1 aliphatic carbocycles. The molecular formula is C26H25FN2O2S2. The van der Waals surface area contributed by atoms with Crippen LogP contribution >= 0.6 is 11.8 Å². The van der Waals surface area contributed by atoms with Crippen LogP contribution in [0.4, 0.5) is 4.39 Å². The van der Waals surface area contributed by atoms with Gasteiger partial charge in [0.15, 0.2) is 9.84 Å². The van der Waals surface area contributed by atoms with E-state index in [2.05, 4.69) is 6.07 Å². The molecule has 2 aromatic carbocycles. The Balaban J connectivity index is 1.77. The maximum atomic E-state index is 13.6. The van der Waals surface area contributed by atoms with Crippen LogP contribution in [-0.2, 0) is 9.84 Å². The summed E-state index contributed by atoms with van der Waals surface area (Å²) in [5.41, 5.74) is 3.33. The Morgan fingerprint density at radius 2 is 1.67 bits per heavy atom. The molecule has 4 nitrogen and oxygen atoms in total. The minimum atomic E-state index is -3.32. The third kappa shape index (κ3) is 5.63. The smallest absolute Gasteiger partial charge is 0.175 e. The van der Waals surface area contributed by atoms with Crippen LogP contribution in [0.25, 0.3) is 22.4 Å². The van der Waals surface area contributed by atoms with Crippen LogP contribution in [0.15, 0.2) is 64.5 Å². The number of pyridine rings is 1. The van der Waals surface area contributed by atoms with Gasteiger partial charge in [-0.1, -0.05) is 31.4 Å². The Bertz CT molecular complexity index is 1280. The van der Waals surface area contributed by atoms with Crippen molar-refractivity contribution in [3.8, 4) is 28.5 Å². The summed E-state index contributed by atoms with van der Waals surface area (Å²) in [6.45, 7) is 0. The first kappa shape index (κ1) is 23.5. The minimum Gasteiger partial charge on any atom is -0.239 e. The van der Waals surface area contributed by atoms with Crippen LogP contribution < -0.4 is 0 Å². The highest BCUT2D eigenvalue weighted by Crippen LogP contribution is 2.37. The van der Waals surface area contributed by atoms with Crippen LogP contribution in [0.2, 0.25) is 0 Å². The van der Waals surface area contributed by atoms with Crippen molar-refractivity contribution in [2.45, 2.75) is 42.0 Å². The number of aromatic nitrogens is 1. The summed E-state index contributed by atoms with van der Waals surface area (Å²) < 4.78 is 37.3. The van der Waals surface area contributed by atoms with E-state index in [1.54, 1.807) is 48.2 Å². The fourth-order valence-corrected chi connectivity index (χ4v) is 5.94. The van der Waals surface area contributed by atoms with Gasteiger partial charge < -0.3 is 0 Å². The predicted molar refractivity (Wildman–Crippen MR) is 130 cm³/mol. The van der Waals surface area contributed by atoms with Crippen LogP contribution in [-0.4, -0.2) is 25.4 Å². The second kappa shape index (κ2) is 10.1. The van der Waals surface area contributed by atoms with Crippen molar-refractivity contribution in [3.63, 3.8) is 0 Å². The first-order valence-electron chi connectivity index (χ1n) is 11.0. The van der Waals surface area contributed by atoms with Crippen molar-refractivity contribution < 1.29 is 12.8 Å². The van der Waals surface area contributed by atoms with Gasteiger partial charge in [0, 0.05) is 23.1 Å². The third-order valence-corrected chi connectivity index (χ3v) is 8.35. The first-order chi connectivity index (χ1) is 15.8. The zero-order chi connectivity index (χ0) is 23.4. The van der Waals surface area contributed by atoms with Crippen LogP contribution in [0.5, 0.6) is 0 Å². The number of thioether (sulfide) groups is 1. The van der Waals surface area contributed by atoms with Crippen molar-refractivity contribution in [2.75, 3.05) is 12.0 Å². The number of nitrogens with zero attached hydrogens (tertiary/aromatic N) is 2. The number of rotatable bonds is 6. The van der Waals surface area contributed by atoms with Gasteiger partial charge in [-0.3, -0.25) is 0 Å². The number of hydrogen-bond donors (Lipinski definition) is 0. The zero-order valence-corrected chi connectivity index (χ0v) is 20.1. The van der Waals surface area contributed by atoms with Gasteiger partial charge in [0.2, 0.25) is 0 Å². The van der Waals surface area contributed by atoms with Gasteiger partial charge in [0.05, 0.1) is 16.2 Å². The Kier molecular flexibility index (Phi) is 7.16. The van der Waals surface area contributed by atoms with E-state index in [0.29, 0.717) is 27.8 Å². The average Bonchev–Trinajstić information content (AvgIpc) is 2.83. The number of nitriles is 1. The molecule has 3 aromatic rings. The zero-order valence-electron chi connectivity index (χ0n) is 18.4. The van der Waals surface area contributed by atoms with Crippen molar-refractivity contribution in [1.29, 1.82) is 5.26 Å². The molecular weight excluding hydrogens is 455 g/mol. The maximum Gasteiger partial charge on any atom is 0.175 e. The van der Waals surface area contributed by atoms with E-state index in [1.165, 1.54) is 50.5 Å². The molecule has 7 heteroatoms. The number of halogens is 1. The molecule has 0 radical (unpaired) electrons. The van der Waals surface area contributed by atoms with Gasteiger partial charge in [-0.15, -0.1) is 11.8 Å². The van der Waals surface area contributed by atoms with Gasteiger partial charge in [0.1, 0.15) is 16.9 Å². The fourth-order valence-electron chi connectivity index (χ4n) is 4.17. The molecule has 4 rings (SSSR count). The Morgan fingerprint density at radius 1 is 1.03 bits per heavy atom. The standard InChI is InChI=1S/C26H25FN2O2S2/c1-33(30,31)23-13-9-19(10-14-23)24-15-21(16-28)26(32-17-18-5-3-2-4-6-18)29-25(24)20-7-11-22(27)12-8-20/h7-15,18H,2-6,17H2,1H3. The van der Waals surface area contributed by atoms with E-state index in [9.17, 15) is 18.1 Å². The quantitative estimate of drug-likeness (QED) is 0.377. The molecule has 33 heavy (non-hydrogen) atoms. The third-order valence-electron chi connectivity index (χ3n) is 6.00. The van der Waals surface area contributed by atoms with Crippen LogP contribution in [0.3, 0.4) is 0 Å². The van der Waals surface area contributed by atoms with E-state index in [0.717, 1.165) is 16.9 Å². The molecule has 170 valence electrons. The molecule has 1 saturated carbocycles. The molecule has 0 N–H and O–H groups in total. The molecule has 0 aliphatic heterocycles. The van der Waals surface area contributed by atoms with Gasteiger partial charge in [-0.05, 0) is 66.8 Å². The summed E-state index contributed by atoms with van der Waals surface area (Å²) in [7, 11) is -3.32. The molecule has 1 fully saturated rings. The first-order valence-corrected chi connectivity index (χ1v) is 13.9. The highest BCUT2D eigenvalue weighted by Gasteiger charge is 2.19. The van der Waals surface area contributed by atoms with Gasteiger partial charge in [-0.25, -0.2) is 17.8 Å². The van der Waals surface area contributed by atoms with E-state index < -0.39 is 9.84 Å². The lowest BCUT2D eigenvalue weighted by molar-refractivity contribution is 0.391. The molecule has 1 heterocycles. The normalized spacial score (nSPS) is 14.7. The average molecular weight is 481 g/mol. The van der Waals surface area contributed by atoms with Gasteiger partial charge >= 0.3 is 0 Å². The maximum absolute atomic E-state index is 13.6. The molecule has 1 aliphatic rings. The summed E-state index contributed by atoms with van der Waals surface area (Å²) in [6.07, 6.45) is 7.40. The van der Waals surface area contributed by atoms with Crippen molar-refractivity contribution in [1.82, 2.24) is 4.98 Å². The largest absolute Gasteiger partial charge is 0.239 e. The molecule has 1 aromatic heterocycles. The SMILES string of the molecule is CS(=O)(=O)c1ccc(-c2cc(C#N)c(SCC3CCCCC3)nc2-c2ccc(F)cc2)cc1. The summed E-state index contributed by atoms with van der Waals surface area (Å²) in [5.74, 6) is 1.22. The molecule has 0 saturated heterocycles. The monoisotopic (exact) mass is 480 g/mol. The Hall–Kier alpha value is -2.69. The molecule has 0 spiro atoms. The highest BCUT2D eigenvalue weighted by molar-refractivity contribution is 7.99. The van der Waals surface area contributed by atoms with Crippen molar-refractivity contribution in [2.24, 2.45) is 5.92 Å².